The second-order valence-electron chi connectivity index (χ2n) is 13.3. The summed E-state index contributed by atoms with van der Waals surface area (Å²) >= 11 is 0. The lowest BCUT2D eigenvalue weighted by molar-refractivity contribution is -0.147. The number of rotatable bonds is 37. The van der Waals surface area contributed by atoms with Crippen molar-refractivity contribution >= 4 is 19.7 Å². The number of hydrogen-bond acceptors (Lipinski definition) is 7. The van der Waals surface area contributed by atoms with Crippen molar-refractivity contribution in [3.05, 3.63) is 0 Å². The molecule has 280 valence electrons. The van der Waals surface area contributed by atoms with Crippen LogP contribution in [0.3, 0.4) is 0 Å². The first kappa shape index (κ1) is 46.0. The van der Waals surface area contributed by atoms with E-state index in [0.717, 1.165) is 38.5 Å². The number of unbranched alkanes of at least 4 members (excludes halogenated alkanes) is 24. The molecule has 0 aliphatic heterocycles. The summed E-state index contributed by atoms with van der Waals surface area (Å²) in [6.45, 7) is 3.56. The molecule has 0 fully saturated rings. The third kappa shape index (κ3) is 36.1. The number of esters is 1. The molecule has 0 saturated heterocycles. The fourth-order valence-corrected chi connectivity index (χ4v) is 6.31. The minimum absolute atomic E-state index is 0.0877. The summed E-state index contributed by atoms with van der Waals surface area (Å²) in [6.07, 6.45) is 31.7. The van der Waals surface area contributed by atoms with Crippen molar-refractivity contribution < 1.29 is 37.9 Å². The third-order valence-electron chi connectivity index (χ3n) is 8.54. The summed E-state index contributed by atoms with van der Waals surface area (Å²) in [5.41, 5.74) is 0. The fourth-order valence-electron chi connectivity index (χ4n) is 5.56. The minimum Gasteiger partial charge on any atom is -0.463 e. The van der Waals surface area contributed by atoms with E-state index >= 15 is 0 Å². The Morgan fingerprint density at radius 2 is 0.957 bits per heavy atom. The molecule has 0 aromatic carbocycles. The van der Waals surface area contributed by atoms with Crippen LogP contribution in [0, 0.1) is 0 Å². The Morgan fingerprint density at radius 3 is 1.38 bits per heavy atom. The normalized spacial score (nSPS) is 13.4. The predicted octanol–water partition coefficient (Wildman–Crippen LogP) is 10.1. The molecular formula is C37H74NO8P. The van der Waals surface area contributed by atoms with Gasteiger partial charge in [0.05, 0.1) is 13.2 Å². The summed E-state index contributed by atoms with van der Waals surface area (Å²) in [7, 11) is -4.40. The van der Waals surface area contributed by atoms with Crippen molar-refractivity contribution in [1.29, 1.82) is 0 Å². The number of phosphoric acid groups is 1. The number of hydrogen-bond donors (Lipinski definition) is 3. The number of ether oxygens (including phenoxy) is 1. The standard InChI is InChI=1S/C37H74NO8P/c1-3-5-7-9-11-13-15-17-18-20-22-24-26-28-30-37(41)44-33-35(39)34-46-47(42,43)45-32-31-38-36(40)29-27-25-23-21-19-16-14-12-10-8-6-4-2/h35,39H,3-34H2,1-2H3,(H,38,40)(H,42,43). The Kier molecular flexibility index (Phi) is 34.1. The van der Waals surface area contributed by atoms with Gasteiger partial charge in [0.1, 0.15) is 12.7 Å². The van der Waals surface area contributed by atoms with Crippen LogP contribution in [0.2, 0.25) is 0 Å². The molecule has 2 atom stereocenters. The summed E-state index contributed by atoms with van der Waals surface area (Å²) in [6, 6.07) is 0. The van der Waals surface area contributed by atoms with E-state index in [1.165, 1.54) is 128 Å². The third-order valence-corrected chi connectivity index (χ3v) is 9.52. The summed E-state index contributed by atoms with van der Waals surface area (Å²) in [5, 5.41) is 12.6. The van der Waals surface area contributed by atoms with Crippen LogP contribution in [0.5, 0.6) is 0 Å². The molecule has 0 rings (SSSR count). The van der Waals surface area contributed by atoms with Crippen molar-refractivity contribution in [2.24, 2.45) is 0 Å². The quantitative estimate of drug-likeness (QED) is 0.0333. The van der Waals surface area contributed by atoms with Crippen molar-refractivity contribution in [2.45, 2.75) is 200 Å². The summed E-state index contributed by atoms with van der Waals surface area (Å²) in [5.74, 6) is -0.508. The van der Waals surface area contributed by atoms with E-state index in [-0.39, 0.29) is 32.1 Å². The molecule has 3 N–H and O–H groups in total. The smallest absolute Gasteiger partial charge is 0.463 e. The van der Waals surface area contributed by atoms with Gasteiger partial charge >= 0.3 is 13.8 Å². The average Bonchev–Trinajstić information content (AvgIpc) is 3.05. The number of nitrogens with one attached hydrogen (secondary N) is 1. The van der Waals surface area contributed by atoms with Crippen LogP contribution >= 0.6 is 7.82 Å². The predicted molar refractivity (Wildman–Crippen MR) is 192 cm³/mol. The average molecular weight is 692 g/mol. The molecule has 0 aromatic heterocycles. The van der Waals surface area contributed by atoms with Crippen LogP contribution in [-0.4, -0.2) is 54.3 Å². The molecule has 47 heavy (non-hydrogen) atoms. The zero-order valence-corrected chi connectivity index (χ0v) is 31.4. The lowest BCUT2D eigenvalue weighted by atomic mass is 10.0. The Bertz CT molecular complexity index is 754. The Hall–Kier alpha value is -0.990. The second kappa shape index (κ2) is 34.9. The molecule has 9 nitrogen and oxygen atoms in total. The van der Waals surface area contributed by atoms with Crippen LogP contribution in [0.25, 0.3) is 0 Å². The highest BCUT2D eigenvalue weighted by atomic mass is 31.2. The first-order valence-corrected chi connectivity index (χ1v) is 21.0. The van der Waals surface area contributed by atoms with E-state index in [4.69, 9.17) is 13.8 Å². The molecule has 0 bridgehead atoms. The molecule has 0 aliphatic carbocycles. The maximum Gasteiger partial charge on any atom is 0.472 e. The van der Waals surface area contributed by atoms with Crippen LogP contribution < -0.4 is 5.32 Å². The van der Waals surface area contributed by atoms with Gasteiger partial charge in [-0.2, -0.15) is 0 Å². The van der Waals surface area contributed by atoms with Gasteiger partial charge in [-0.1, -0.05) is 168 Å². The molecule has 0 heterocycles. The van der Waals surface area contributed by atoms with Crippen molar-refractivity contribution in [3.63, 3.8) is 0 Å². The van der Waals surface area contributed by atoms with Crippen LogP contribution in [-0.2, 0) is 27.9 Å². The van der Waals surface area contributed by atoms with Crippen LogP contribution in [0.4, 0.5) is 0 Å². The first-order chi connectivity index (χ1) is 22.8. The Balaban J connectivity index is 3.59. The SMILES string of the molecule is CCCCCCCCCCCCCCCCC(=O)OCC(O)COP(=O)(O)OCCNC(=O)CCCCCCCCCCCCCC. The Morgan fingerprint density at radius 1 is 0.574 bits per heavy atom. The molecule has 0 spiro atoms. The molecule has 2 unspecified atom stereocenters. The van der Waals surface area contributed by atoms with Gasteiger partial charge in [0, 0.05) is 19.4 Å². The number of aliphatic hydroxyl groups is 1. The zero-order chi connectivity index (χ0) is 34.7. The number of phosphoric ester groups is 1. The fraction of sp³-hybridized carbons (Fsp3) is 0.946. The summed E-state index contributed by atoms with van der Waals surface area (Å²) < 4.78 is 26.8. The number of carbonyl (C=O) groups is 2. The number of aliphatic hydroxyl groups excluding tert-OH is 1. The minimum atomic E-state index is -4.40. The molecule has 0 saturated carbocycles. The first-order valence-electron chi connectivity index (χ1n) is 19.5. The van der Waals surface area contributed by atoms with Gasteiger partial charge in [-0.15, -0.1) is 0 Å². The summed E-state index contributed by atoms with van der Waals surface area (Å²) in [4.78, 5) is 33.7. The van der Waals surface area contributed by atoms with E-state index in [0.29, 0.717) is 6.42 Å². The Labute approximate surface area is 288 Å². The van der Waals surface area contributed by atoms with Crippen molar-refractivity contribution in [2.75, 3.05) is 26.4 Å². The van der Waals surface area contributed by atoms with E-state index in [2.05, 4.69) is 19.2 Å². The molecule has 0 aliphatic rings. The van der Waals surface area contributed by atoms with Crippen molar-refractivity contribution in [3.8, 4) is 0 Å². The maximum absolute atomic E-state index is 12.0. The number of amides is 1. The number of carbonyl (C=O) groups excluding carboxylic acids is 2. The topological polar surface area (TPSA) is 131 Å². The molecular weight excluding hydrogens is 617 g/mol. The van der Waals surface area contributed by atoms with Crippen molar-refractivity contribution in [1.82, 2.24) is 5.32 Å². The van der Waals surface area contributed by atoms with Gasteiger partial charge in [0.25, 0.3) is 0 Å². The van der Waals surface area contributed by atoms with Crippen LogP contribution in [0.1, 0.15) is 194 Å². The maximum atomic E-state index is 12.0. The van der Waals surface area contributed by atoms with Gasteiger partial charge < -0.3 is 20.1 Å². The van der Waals surface area contributed by atoms with Gasteiger partial charge in [-0.3, -0.25) is 18.6 Å². The van der Waals surface area contributed by atoms with E-state index in [9.17, 15) is 24.2 Å². The van der Waals surface area contributed by atoms with E-state index < -0.39 is 26.5 Å². The van der Waals surface area contributed by atoms with Gasteiger partial charge in [-0.25, -0.2) is 4.57 Å². The monoisotopic (exact) mass is 692 g/mol. The molecule has 10 heteroatoms. The van der Waals surface area contributed by atoms with Gasteiger partial charge in [0.2, 0.25) is 5.91 Å². The molecule has 0 radical (unpaired) electrons. The lowest BCUT2D eigenvalue weighted by Crippen LogP contribution is -2.27. The highest BCUT2D eigenvalue weighted by Gasteiger charge is 2.23. The largest absolute Gasteiger partial charge is 0.472 e. The molecule has 0 aromatic rings. The van der Waals surface area contributed by atoms with Gasteiger partial charge in [-0.05, 0) is 12.8 Å². The zero-order valence-electron chi connectivity index (χ0n) is 30.5. The molecule has 1 amide bonds. The van der Waals surface area contributed by atoms with Crippen LogP contribution in [0.15, 0.2) is 0 Å². The second-order valence-corrected chi connectivity index (χ2v) is 14.7. The highest BCUT2D eigenvalue weighted by Crippen LogP contribution is 2.42. The lowest BCUT2D eigenvalue weighted by Gasteiger charge is -2.15. The van der Waals surface area contributed by atoms with E-state index in [1.54, 1.807) is 0 Å². The highest BCUT2D eigenvalue weighted by molar-refractivity contribution is 7.47. The van der Waals surface area contributed by atoms with Gasteiger partial charge in [0.15, 0.2) is 0 Å². The van der Waals surface area contributed by atoms with E-state index in [1.807, 2.05) is 0 Å².